The Bertz CT molecular complexity index is 916. The second-order valence-electron chi connectivity index (χ2n) is 6.49. The summed E-state index contributed by atoms with van der Waals surface area (Å²) in [6.45, 7) is 4.81. The molecule has 0 unspecified atom stereocenters. The van der Waals surface area contributed by atoms with E-state index in [0.717, 1.165) is 48.6 Å². The fourth-order valence-corrected chi connectivity index (χ4v) is 3.04. The third kappa shape index (κ3) is 4.39. The van der Waals surface area contributed by atoms with Gasteiger partial charge in [0.25, 0.3) is 0 Å². The van der Waals surface area contributed by atoms with Crippen molar-refractivity contribution in [1.82, 2.24) is 19.7 Å². The Hall–Kier alpha value is -3.02. The van der Waals surface area contributed by atoms with Crippen molar-refractivity contribution in [2.75, 3.05) is 0 Å². The molecule has 3 rings (SSSR count). The monoisotopic (exact) mass is 364 g/mol. The number of benzene rings is 1. The van der Waals surface area contributed by atoms with Crippen LogP contribution in [-0.4, -0.2) is 30.8 Å². The summed E-state index contributed by atoms with van der Waals surface area (Å²) in [5.41, 5.74) is 2.60. The number of aromatic nitrogens is 4. The molecule has 0 aliphatic heterocycles. The number of hydrogen-bond acceptors (Lipinski definition) is 4. The second-order valence-corrected chi connectivity index (χ2v) is 6.49. The average molecular weight is 364 g/mol. The molecule has 0 spiro atoms. The molecule has 27 heavy (non-hydrogen) atoms. The van der Waals surface area contributed by atoms with Gasteiger partial charge in [-0.3, -0.25) is 4.98 Å². The Labute approximate surface area is 158 Å². The summed E-state index contributed by atoms with van der Waals surface area (Å²) in [5.74, 6) is 0.931. The lowest BCUT2D eigenvalue weighted by atomic mass is 10.0. The number of carbonyl (C=O) groups is 1. The summed E-state index contributed by atoms with van der Waals surface area (Å²) in [4.78, 5) is 20.6. The molecule has 0 fully saturated rings. The largest absolute Gasteiger partial charge is 0.478 e. The Morgan fingerprint density at radius 1 is 1.07 bits per heavy atom. The van der Waals surface area contributed by atoms with E-state index in [0.29, 0.717) is 12.1 Å². The lowest BCUT2D eigenvalue weighted by Crippen LogP contribution is -2.08. The van der Waals surface area contributed by atoms with Gasteiger partial charge in [-0.15, -0.1) is 0 Å². The molecule has 0 amide bonds. The van der Waals surface area contributed by atoms with Crippen molar-refractivity contribution in [2.45, 2.75) is 46.1 Å². The highest BCUT2D eigenvalue weighted by molar-refractivity contribution is 5.95. The molecular weight excluding hydrogens is 340 g/mol. The highest BCUT2D eigenvalue weighted by Crippen LogP contribution is 2.23. The van der Waals surface area contributed by atoms with Crippen LogP contribution < -0.4 is 0 Å². The van der Waals surface area contributed by atoms with E-state index in [4.69, 9.17) is 0 Å². The van der Waals surface area contributed by atoms with Gasteiger partial charge in [0.2, 0.25) is 0 Å². The number of aryl methyl sites for hydroxylation is 2. The minimum Gasteiger partial charge on any atom is -0.478 e. The second kappa shape index (κ2) is 8.58. The predicted molar refractivity (Wildman–Crippen MR) is 104 cm³/mol. The van der Waals surface area contributed by atoms with Gasteiger partial charge in [-0.2, -0.15) is 5.10 Å². The Morgan fingerprint density at radius 2 is 1.85 bits per heavy atom. The first-order valence-corrected chi connectivity index (χ1v) is 9.32. The van der Waals surface area contributed by atoms with Gasteiger partial charge < -0.3 is 5.11 Å². The summed E-state index contributed by atoms with van der Waals surface area (Å²) in [6.07, 6.45) is 5.53. The van der Waals surface area contributed by atoms with E-state index in [1.807, 2.05) is 22.9 Å². The van der Waals surface area contributed by atoms with Crippen molar-refractivity contribution in [1.29, 1.82) is 0 Å². The van der Waals surface area contributed by atoms with E-state index in [1.165, 1.54) is 0 Å². The van der Waals surface area contributed by atoms with Crippen molar-refractivity contribution in [2.24, 2.45) is 0 Å². The normalized spacial score (nSPS) is 10.9. The van der Waals surface area contributed by atoms with E-state index in [-0.39, 0.29) is 5.56 Å². The Balaban J connectivity index is 1.84. The van der Waals surface area contributed by atoms with Crippen molar-refractivity contribution in [3.63, 3.8) is 0 Å². The predicted octanol–water partition coefficient (Wildman–Crippen LogP) is 3.99. The minimum absolute atomic E-state index is 0.276. The molecule has 6 nitrogen and oxygen atoms in total. The van der Waals surface area contributed by atoms with Gasteiger partial charge in [-0.25, -0.2) is 14.5 Å². The zero-order chi connectivity index (χ0) is 19.2. The number of carboxylic acid groups (broad SMARTS) is 1. The summed E-state index contributed by atoms with van der Waals surface area (Å²) < 4.78 is 1.93. The smallest absolute Gasteiger partial charge is 0.336 e. The van der Waals surface area contributed by atoms with Crippen LogP contribution >= 0.6 is 0 Å². The number of pyridine rings is 1. The van der Waals surface area contributed by atoms with Crippen LogP contribution in [0.15, 0.2) is 42.6 Å². The highest BCUT2D eigenvalue weighted by atomic mass is 16.4. The third-order valence-electron chi connectivity index (χ3n) is 4.34. The minimum atomic E-state index is -0.940. The third-order valence-corrected chi connectivity index (χ3v) is 4.34. The van der Waals surface area contributed by atoms with E-state index in [1.54, 1.807) is 24.4 Å². The first-order chi connectivity index (χ1) is 13.1. The van der Waals surface area contributed by atoms with E-state index >= 15 is 0 Å². The molecule has 6 heteroatoms. The quantitative estimate of drug-likeness (QED) is 0.653. The Morgan fingerprint density at radius 3 is 2.52 bits per heavy atom. The summed E-state index contributed by atoms with van der Waals surface area (Å²) in [5, 5.41) is 14.0. The van der Waals surface area contributed by atoms with Gasteiger partial charge in [0.1, 0.15) is 5.82 Å². The molecule has 0 aliphatic rings. The van der Waals surface area contributed by atoms with Gasteiger partial charge in [0.15, 0.2) is 5.82 Å². The van der Waals surface area contributed by atoms with Crippen LogP contribution in [0.4, 0.5) is 0 Å². The molecule has 1 N–H and O–H groups in total. The maximum absolute atomic E-state index is 11.4. The lowest BCUT2D eigenvalue weighted by Gasteiger charge is -2.08. The van der Waals surface area contributed by atoms with Gasteiger partial charge in [-0.1, -0.05) is 38.1 Å². The molecule has 2 aromatic heterocycles. The van der Waals surface area contributed by atoms with Crippen molar-refractivity contribution >= 4 is 5.97 Å². The number of hydrogen-bond donors (Lipinski definition) is 1. The molecule has 3 aromatic rings. The van der Waals surface area contributed by atoms with E-state index in [9.17, 15) is 9.90 Å². The molecule has 0 aliphatic carbocycles. The van der Waals surface area contributed by atoms with E-state index < -0.39 is 5.97 Å². The molecule has 0 saturated carbocycles. The van der Waals surface area contributed by atoms with Gasteiger partial charge in [-0.05, 0) is 30.5 Å². The van der Waals surface area contributed by atoms with Crippen LogP contribution in [0.1, 0.15) is 54.4 Å². The maximum Gasteiger partial charge on any atom is 0.336 e. The van der Waals surface area contributed by atoms with Crippen LogP contribution in [0.25, 0.3) is 11.1 Å². The van der Waals surface area contributed by atoms with Crippen LogP contribution in [0, 0.1) is 0 Å². The zero-order valence-electron chi connectivity index (χ0n) is 15.7. The van der Waals surface area contributed by atoms with Gasteiger partial charge >= 0.3 is 5.97 Å². The number of carboxylic acids is 1. The summed E-state index contributed by atoms with van der Waals surface area (Å²) in [6, 6.07) is 10.8. The average Bonchev–Trinajstić information content (AvgIpc) is 3.04. The number of nitrogens with zero attached hydrogens (tertiary/aromatic N) is 4. The van der Waals surface area contributed by atoms with Gasteiger partial charge in [0.05, 0.1) is 17.8 Å². The SMILES string of the molecule is CCCc1nc(CCC)n(Cc2ccc(-c3ccccc3C(=O)O)cn2)n1. The van der Waals surface area contributed by atoms with Crippen LogP contribution in [0.5, 0.6) is 0 Å². The molecule has 2 heterocycles. The van der Waals surface area contributed by atoms with Crippen molar-refractivity contribution in [3.05, 3.63) is 65.5 Å². The molecule has 0 saturated heterocycles. The van der Waals surface area contributed by atoms with E-state index in [2.05, 4.69) is 28.9 Å². The summed E-state index contributed by atoms with van der Waals surface area (Å²) in [7, 11) is 0. The Kier molecular flexibility index (Phi) is 5.96. The van der Waals surface area contributed by atoms with Crippen molar-refractivity contribution < 1.29 is 9.90 Å². The maximum atomic E-state index is 11.4. The number of aromatic carboxylic acids is 1. The van der Waals surface area contributed by atoms with Gasteiger partial charge in [0, 0.05) is 24.6 Å². The molecule has 0 radical (unpaired) electrons. The fourth-order valence-electron chi connectivity index (χ4n) is 3.04. The first kappa shape index (κ1) is 18.8. The summed E-state index contributed by atoms with van der Waals surface area (Å²) >= 11 is 0. The first-order valence-electron chi connectivity index (χ1n) is 9.32. The topological polar surface area (TPSA) is 80.9 Å². The molecular formula is C21H24N4O2. The highest BCUT2D eigenvalue weighted by Gasteiger charge is 2.12. The fraction of sp³-hybridized carbons (Fsp3) is 0.333. The van der Waals surface area contributed by atoms with Crippen LogP contribution in [0.2, 0.25) is 0 Å². The number of rotatable bonds is 8. The lowest BCUT2D eigenvalue weighted by molar-refractivity contribution is 0.0697. The molecule has 1 aromatic carbocycles. The molecule has 0 atom stereocenters. The van der Waals surface area contributed by atoms with Crippen molar-refractivity contribution in [3.8, 4) is 11.1 Å². The van der Waals surface area contributed by atoms with Crippen LogP contribution in [-0.2, 0) is 19.4 Å². The molecule has 0 bridgehead atoms. The zero-order valence-corrected chi connectivity index (χ0v) is 15.7. The van der Waals surface area contributed by atoms with Crippen LogP contribution in [0.3, 0.4) is 0 Å². The molecule has 140 valence electrons. The standard InChI is InChI=1S/C21H24N4O2/c1-3-7-19-23-20(8-4-2)25(24-19)14-16-12-11-15(13-22-16)17-9-5-6-10-18(17)21(26)27/h5-6,9-13H,3-4,7-8,14H2,1-2H3,(H,26,27).